The van der Waals surface area contributed by atoms with E-state index in [1.54, 1.807) is 12.5 Å². The van der Waals surface area contributed by atoms with Crippen molar-refractivity contribution in [1.82, 2.24) is 14.8 Å². The lowest BCUT2D eigenvalue weighted by atomic mass is 9.93. The Morgan fingerprint density at radius 3 is 2.76 bits per heavy atom. The second-order valence-corrected chi connectivity index (χ2v) is 6.79. The van der Waals surface area contributed by atoms with Gasteiger partial charge >= 0.3 is 0 Å². The summed E-state index contributed by atoms with van der Waals surface area (Å²) < 4.78 is 5.42. The molecule has 2 aromatic rings. The van der Waals surface area contributed by atoms with E-state index < -0.39 is 0 Å². The first-order valence-corrected chi connectivity index (χ1v) is 9.10. The number of carbonyl (C=O) groups is 1. The molecule has 1 fully saturated rings. The molecule has 0 aromatic carbocycles. The van der Waals surface area contributed by atoms with Crippen LogP contribution in [0.3, 0.4) is 0 Å². The van der Waals surface area contributed by atoms with Crippen molar-refractivity contribution >= 4 is 5.91 Å². The molecule has 0 N–H and O–H groups in total. The van der Waals surface area contributed by atoms with Crippen molar-refractivity contribution in [2.24, 2.45) is 5.92 Å². The van der Waals surface area contributed by atoms with E-state index in [1.807, 2.05) is 36.3 Å². The van der Waals surface area contributed by atoms with Crippen molar-refractivity contribution in [2.45, 2.75) is 38.8 Å². The number of nitrogens with zero attached hydrogens (tertiary/aromatic N) is 3. The molecule has 0 bridgehead atoms. The molecular weight excluding hydrogens is 314 g/mol. The molecule has 0 radical (unpaired) electrons. The van der Waals surface area contributed by atoms with Crippen LogP contribution in [0.15, 0.2) is 47.3 Å². The predicted octanol–water partition coefficient (Wildman–Crippen LogP) is 3.50. The first-order chi connectivity index (χ1) is 12.2. The molecule has 5 heteroatoms. The zero-order valence-electron chi connectivity index (χ0n) is 15.1. The standard InChI is InChI=1S/C20H27N3O2/c1-3-19(17-6-4-10-21-14-17)22(2)20(24)16-8-11-23(12-9-16)15-18-7-5-13-25-18/h4-7,10,13-14,16,19H,3,8-9,11-12,15H2,1-2H3. The van der Waals surface area contributed by atoms with Gasteiger partial charge in [-0.15, -0.1) is 0 Å². The highest BCUT2D eigenvalue weighted by molar-refractivity contribution is 5.79. The zero-order valence-corrected chi connectivity index (χ0v) is 15.1. The van der Waals surface area contributed by atoms with Gasteiger partial charge in [0.1, 0.15) is 5.76 Å². The summed E-state index contributed by atoms with van der Waals surface area (Å²) in [6.07, 6.45) is 8.06. The van der Waals surface area contributed by atoms with Gasteiger partial charge in [0.2, 0.25) is 5.91 Å². The van der Waals surface area contributed by atoms with Crippen LogP contribution in [0.5, 0.6) is 0 Å². The van der Waals surface area contributed by atoms with Gasteiger partial charge in [-0.25, -0.2) is 0 Å². The van der Waals surface area contributed by atoms with Crippen LogP contribution in [0.1, 0.15) is 43.6 Å². The minimum absolute atomic E-state index is 0.0994. The molecule has 1 saturated heterocycles. The Kier molecular flexibility index (Phi) is 5.87. The van der Waals surface area contributed by atoms with E-state index in [0.717, 1.165) is 50.2 Å². The predicted molar refractivity (Wildman–Crippen MR) is 96.7 cm³/mol. The summed E-state index contributed by atoms with van der Waals surface area (Å²) >= 11 is 0. The summed E-state index contributed by atoms with van der Waals surface area (Å²) in [6.45, 7) is 4.83. The fourth-order valence-electron chi connectivity index (χ4n) is 3.71. The van der Waals surface area contributed by atoms with E-state index in [0.29, 0.717) is 0 Å². The van der Waals surface area contributed by atoms with Gasteiger partial charge in [0, 0.05) is 25.4 Å². The van der Waals surface area contributed by atoms with Crippen LogP contribution in [-0.4, -0.2) is 40.8 Å². The topological polar surface area (TPSA) is 49.6 Å². The number of hydrogen-bond donors (Lipinski definition) is 0. The van der Waals surface area contributed by atoms with Gasteiger partial charge in [-0.1, -0.05) is 13.0 Å². The Morgan fingerprint density at radius 1 is 1.36 bits per heavy atom. The highest BCUT2D eigenvalue weighted by atomic mass is 16.3. The summed E-state index contributed by atoms with van der Waals surface area (Å²) in [4.78, 5) is 21.4. The molecule has 3 heterocycles. The second kappa shape index (κ2) is 8.30. The molecule has 1 amide bonds. The van der Waals surface area contributed by atoms with Gasteiger partial charge in [-0.05, 0) is 56.1 Å². The van der Waals surface area contributed by atoms with Crippen molar-refractivity contribution in [2.75, 3.05) is 20.1 Å². The van der Waals surface area contributed by atoms with Crippen LogP contribution >= 0.6 is 0 Å². The van der Waals surface area contributed by atoms with E-state index in [1.165, 1.54) is 0 Å². The van der Waals surface area contributed by atoms with Gasteiger partial charge < -0.3 is 9.32 Å². The second-order valence-electron chi connectivity index (χ2n) is 6.79. The lowest BCUT2D eigenvalue weighted by molar-refractivity contribution is -0.138. The quantitative estimate of drug-likeness (QED) is 0.807. The number of likely N-dealkylation sites (tertiary alicyclic amines) is 1. The maximum Gasteiger partial charge on any atom is 0.226 e. The Labute approximate surface area is 149 Å². The molecule has 134 valence electrons. The fraction of sp³-hybridized carbons (Fsp3) is 0.500. The maximum absolute atomic E-state index is 13.0. The number of carbonyl (C=O) groups excluding carboxylic acids is 1. The minimum atomic E-state index is 0.0994. The number of rotatable bonds is 6. The van der Waals surface area contributed by atoms with Crippen molar-refractivity contribution < 1.29 is 9.21 Å². The Balaban J connectivity index is 1.56. The number of pyridine rings is 1. The third-order valence-electron chi connectivity index (χ3n) is 5.17. The lowest BCUT2D eigenvalue weighted by Gasteiger charge is -2.35. The van der Waals surface area contributed by atoms with Crippen molar-refractivity contribution in [1.29, 1.82) is 0 Å². The highest BCUT2D eigenvalue weighted by Crippen LogP contribution is 2.27. The zero-order chi connectivity index (χ0) is 17.6. The number of furan rings is 1. The van der Waals surface area contributed by atoms with E-state index in [9.17, 15) is 4.79 Å². The van der Waals surface area contributed by atoms with Gasteiger partial charge in [0.25, 0.3) is 0 Å². The minimum Gasteiger partial charge on any atom is -0.468 e. The monoisotopic (exact) mass is 341 g/mol. The maximum atomic E-state index is 13.0. The molecule has 0 saturated carbocycles. The lowest BCUT2D eigenvalue weighted by Crippen LogP contribution is -2.42. The van der Waals surface area contributed by atoms with Crippen LogP contribution in [0.2, 0.25) is 0 Å². The summed E-state index contributed by atoms with van der Waals surface area (Å²) in [5.74, 6) is 1.36. The number of piperidine rings is 1. The SMILES string of the molecule is CCC(c1cccnc1)N(C)C(=O)C1CCN(Cc2ccco2)CC1. The molecule has 3 rings (SSSR count). The van der Waals surface area contributed by atoms with Gasteiger partial charge in [-0.2, -0.15) is 0 Å². The van der Waals surface area contributed by atoms with Gasteiger partial charge in [0.15, 0.2) is 0 Å². The summed E-state index contributed by atoms with van der Waals surface area (Å²) in [6, 6.07) is 8.01. The number of aromatic nitrogens is 1. The molecule has 1 unspecified atom stereocenters. The van der Waals surface area contributed by atoms with Crippen molar-refractivity contribution in [3.8, 4) is 0 Å². The normalized spacial score (nSPS) is 17.4. The molecule has 1 aliphatic heterocycles. The van der Waals surface area contributed by atoms with Gasteiger partial charge in [0.05, 0.1) is 18.8 Å². The van der Waals surface area contributed by atoms with Gasteiger partial charge in [-0.3, -0.25) is 14.7 Å². The van der Waals surface area contributed by atoms with E-state index >= 15 is 0 Å². The van der Waals surface area contributed by atoms with Crippen LogP contribution in [0, 0.1) is 5.92 Å². The summed E-state index contributed by atoms with van der Waals surface area (Å²) in [7, 11) is 1.93. The van der Waals surface area contributed by atoms with E-state index in [2.05, 4.69) is 22.9 Å². The fourth-order valence-corrected chi connectivity index (χ4v) is 3.71. The number of amides is 1. The van der Waals surface area contributed by atoms with Crippen molar-refractivity contribution in [3.63, 3.8) is 0 Å². The molecule has 1 atom stereocenters. The smallest absolute Gasteiger partial charge is 0.226 e. The average molecular weight is 341 g/mol. The summed E-state index contributed by atoms with van der Waals surface area (Å²) in [5, 5.41) is 0. The average Bonchev–Trinajstić information content (AvgIpc) is 3.16. The van der Waals surface area contributed by atoms with E-state index in [-0.39, 0.29) is 17.9 Å². The third-order valence-corrected chi connectivity index (χ3v) is 5.17. The highest BCUT2D eigenvalue weighted by Gasteiger charge is 2.30. The van der Waals surface area contributed by atoms with Crippen molar-refractivity contribution in [3.05, 3.63) is 54.2 Å². The summed E-state index contributed by atoms with van der Waals surface area (Å²) in [5.41, 5.74) is 1.11. The largest absolute Gasteiger partial charge is 0.468 e. The van der Waals surface area contributed by atoms with Crippen LogP contribution in [0.4, 0.5) is 0 Å². The van der Waals surface area contributed by atoms with Crippen LogP contribution in [0.25, 0.3) is 0 Å². The first-order valence-electron chi connectivity index (χ1n) is 9.10. The molecule has 0 spiro atoms. The Hall–Kier alpha value is -2.14. The molecule has 5 nitrogen and oxygen atoms in total. The van der Waals surface area contributed by atoms with Crippen LogP contribution < -0.4 is 0 Å². The first kappa shape index (κ1) is 17.7. The van der Waals surface area contributed by atoms with Crippen LogP contribution in [-0.2, 0) is 11.3 Å². The van der Waals surface area contributed by atoms with E-state index in [4.69, 9.17) is 4.42 Å². The molecule has 2 aromatic heterocycles. The third kappa shape index (κ3) is 4.28. The molecule has 0 aliphatic carbocycles. The molecule has 25 heavy (non-hydrogen) atoms. The molecular formula is C20H27N3O2. The Bertz CT molecular complexity index is 649. The number of hydrogen-bond acceptors (Lipinski definition) is 4. The Morgan fingerprint density at radius 2 is 2.16 bits per heavy atom. The molecule has 1 aliphatic rings.